The second-order valence-electron chi connectivity index (χ2n) is 14.6. The fourth-order valence-corrected chi connectivity index (χ4v) is 9.28. The van der Waals surface area contributed by atoms with Gasteiger partial charge < -0.3 is 24.6 Å². The van der Waals surface area contributed by atoms with Crippen molar-refractivity contribution in [1.82, 2.24) is 34.8 Å². The van der Waals surface area contributed by atoms with Crippen molar-refractivity contribution < 1.29 is 32.3 Å². The first-order valence-electron chi connectivity index (χ1n) is 17.9. The molecule has 2 unspecified atom stereocenters. The molecule has 278 valence electrons. The second kappa shape index (κ2) is 13.9. The number of allylic oxidation sites excluding steroid dienone is 1. The van der Waals surface area contributed by atoms with E-state index in [-0.39, 0.29) is 37.3 Å². The SMILES string of the molecule is COc1ccc2c(OC3C[C@H]4C(=O)NC5(C(=O)NS(=O)(=O)C6CC6)C[C@H]5C=CCCCCN(C)C(=O)N4C3)nc(-c3nc(C(C)C)cs3)nc2c1C. The van der Waals surface area contributed by atoms with Crippen molar-refractivity contribution in [2.75, 3.05) is 27.2 Å². The summed E-state index contributed by atoms with van der Waals surface area (Å²) in [6, 6.07) is 2.33. The van der Waals surface area contributed by atoms with Gasteiger partial charge in [0.05, 0.1) is 35.5 Å². The average Bonchev–Trinajstić information content (AvgIpc) is 3.98. The van der Waals surface area contributed by atoms with Crippen molar-refractivity contribution in [2.45, 2.75) is 94.6 Å². The third kappa shape index (κ3) is 6.94. The van der Waals surface area contributed by atoms with E-state index in [2.05, 4.69) is 23.9 Å². The number of urea groups is 1. The first kappa shape index (κ1) is 36.1. The first-order valence-corrected chi connectivity index (χ1v) is 20.3. The van der Waals surface area contributed by atoms with Crippen LogP contribution >= 0.6 is 11.3 Å². The van der Waals surface area contributed by atoms with Crippen molar-refractivity contribution >= 4 is 50.1 Å². The number of rotatable bonds is 8. The topological polar surface area (TPSA) is 173 Å². The number of carbonyl (C=O) groups is 3. The summed E-state index contributed by atoms with van der Waals surface area (Å²) >= 11 is 1.44. The minimum atomic E-state index is -3.84. The maximum atomic E-state index is 14.2. The zero-order valence-corrected chi connectivity index (χ0v) is 31.7. The molecule has 4 heterocycles. The predicted molar refractivity (Wildman–Crippen MR) is 196 cm³/mol. The molecule has 2 aliphatic heterocycles. The summed E-state index contributed by atoms with van der Waals surface area (Å²) in [5.41, 5.74) is 0.926. The zero-order chi connectivity index (χ0) is 36.9. The van der Waals surface area contributed by atoms with Crippen LogP contribution < -0.4 is 19.5 Å². The van der Waals surface area contributed by atoms with Crippen molar-refractivity contribution in [1.29, 1.82) is 0 Å². The predicted octanol–water partition coefficient (Wildman–Crippen LogP) is 4.29. The van der Waals surface area contributed by atoms with Crippen LogP contribution in [-0.2, 0) is 19.6 Å². The monoisotopic (exact) mass is 751 g/mol. The highest BCUT2D eigenvalue weighted by molar-refractivity contribution is 7.91. The molecule has 3 aromatic rings. The number of nitrogens with one attached hydrogen (secondary N) is 2. The fourth-order valence-electron chi connectivity index (χ4n) is 7.00. The first-order chi connectivity index (χ1) is 24.8. The van der Waals surface area contributed by atoms with Crippen molar-refractivity contribution in [3.63, 3.8) is 0 Å². The molecule has 4 amide bonds. The smallest absolute Gasteiger partial charge is 0.320 e. The van der Waals surface area contributed by atoms with E-state index in [0.29, 0.717) is 52.8 Å². The Morgan fingerprint density at radius 2 is 1.94 bits per heavy atom. The molecule has 0 spiro atoms. The summed E-state index contributed by atoms with van der Waals surface area (Å²) in [6.45, 7) is 6.64. The quantitative estimate of drug-likeness (QED) is 0.316. The number of hydrogen-bond donors (Lipinski definition) is 2. The molecule has 16 heteroatoms. The number of sulfonamides is 1. The highest BCUT2D eigenvalue weighted by atomic mass is 32.2. The van der Waals surface area contributed by atoms with Gasteiger partial charge in [-0.05, 0) is 63.5 Å². The van der Waals surface area contributed by atoms with Crippen LogP contribution in [0.2, 0.25) is 0 Å². The molecule has 2 saturated carbocycles. The summed E-state index contributed by atoms with van der Waals surface area (Å²) in [5, 5.41) is 5.58. The van der Waals surface area contributed by atoms with E-state index in [4.69, 9.17) is 24.4 Å². The number of nitrogens with zero attached hydrogens (tertiary/aromatic N) is 5. The molecule has 2 aromatic heterocycles. The molecule has 1 aromatic carbocycles. The van der Waals surface area contributed by atoms with Crippen LogP contribution in [0.15, 0.2) is 29.7 Å². The molecule has 0 bridgehead atoms. The van der Waals surface area contributed by atoms with E-state index in [9.17, 15) is 22.8 Å². The fraction of sp³-hybridized carbons (Fsp3) is 0.556. The Balaban J connectivity index is 1.21. The van der Waals surface area contributed by atoms with Gasteiger partial charge in [-0.3, -0.25) is 14.3 Å². The van der Waals surface area contributed by atoms with Crippen molar-refractivity contribution in [3.8, 4) is 22.5 Å². The van der Waals surface area contributed by atoms with Crippen LogP contribution in [0.4, 0.5) is 4.79 Å². The lowest BCUT2D eigenvalue weighted by atomic mass is 10.1. The number of methoxy groups -OCH3 is 1. The van der Waals surface area contributed by atoms with Crippen LogP contribution in [0.25, 0.3) is 21.7 Å². The Hall–Kier alpha value is -4.31. The van der Waals surface area contributed by atoms with Gasteiger partial charge in [0, 0.05) is 36.9 Å². The number of carbonyl (C=O) groups excluding carboxylic acids is 3. The lowest BCUT2D eigenvalue weighted by Gasteiger charge is -2.30. The molecule has 2 N–H and O–H groups in total. The van der Waals surface area contributed by atoms with Gasteiger partial charge in [0.2, 0.25) is 21.8 Å². The summed E-state index contributed by atoms with van der Waals surface area (Å²) in [5.74, 6) is -0.105. The van der Waals surface area contributed by atoms with Crippen LogP contribution in [0.1, 0.15) is 76.0 Å². The van der Waals surface area contributed by atoms with E-state index >= 15 is 0 Å². The Morgan fingerprint density at radius 3 is 2.65 bits per heavy atom. The molecule has 7 rings (SSSR count). The number of ether oxygens (including phenoxy) is 2. The highest BCUT2D eigenvalue weighted by Crippen LogP contribution is 2.46. The summed E-state index contributed by atoms with van der Waals surface area (Å²) in [6.07, 6.45) is 6.89. The Kier molecular flexibility index (Phi) is 9.65. The standard InChI is InChI=1S/C36H45N7O7S2/c1-20(2)26-19-51-33(37-26)30-38-29-21(3)28(49-5)14-13-25(29)32(39-30)50-23-16-27-31(44)40-36(34(45)41-52(47,48)24-11-12-24)17-22(36)10-8-6-7-9-15-42(4)35(46)43(27)18-23/h8,10,13-14,19-20,22-24,27H,6-7,9,11-12,15-18H2,1-5H3,(H,40,44)(H,41,45)/t22-,23?,27+,36?/m1/s1. The molecule has 2 aliphatic carbocycles. The van der Waals surface area contributed by atoms with Gasteiger partial charge in [0.25, 0.3) is 5.91 Å². The summed E-state index contributed by atoms with van der Waals surface area (Å²) < 4.78 is 40.0. The zero-order valence-electron chi connectivity index (χ0n) is 30.0. The van der Waals surface area contributed by atoms with Crippen LogP contribution in [-0.4, -0.2) is 101 Å². The average molecular weight is 752 g/mol. The summed E-state index contributed by atoms with van der Waals surface area (Å²) in [7, 11) is -0.537. The number of thiazole rings is 1. The maximum Gasteiger partial charge on any atom is 0.320 e. The van der Waals surface area contributed by atoms with E-state index in [1.165, 1.54) is 16.2 Å². The molecule has 0 radical (unpaired) electrons. The van der Waals surface area contributed by atoms with E-state index in [1.807, 2.05) is 36.6 Å². The third-order valence-electron chi connectivity index (χ3n) is 10.4. The van der Waals surface area contributed by atoms with Crippen LogP contribution in [0.3, 0.4) is 0 Å². The van der Waals surface area contributed by atoms with E-state index in [0.717, 1.165) is 30.5 Å². The van der Waals surface area contributed by atoms with Gasteiger partial charge >= 0.3 is 6.03 Å². The minimum absolute atomic E-state index is 0.0879. The number of benzene rings is 1. The van der Waals surface area contributed by atoms with Crippen molar-refractivity contribution in [3.05, 3.63) is 40.9 Å². The van der Waals surface area contributed by atoms with Gasteiger partial charge in [0.1, 0.15) is 23.4 Å². The molecule has 52 heavy (non-hydrogen) atoms. The third-order valence-corrected chi connectivity index (χ3v) is 13.1. The van der Waals surface area contributed by atoms with Gasteiger partial charge in [0.15, 0.2) is 10.8 Å². The molecular weight excluding hydrogens is 707 g/mol. The van der Waals surface area contributed by atoms with Crippen LogP contribution in [0.5, 0.6) is 11.6 Å². The maximum absolute atomic E-state index is 14.2. The van der Waals surface area contributed by atoms with E-state index in [1.54, 1.807) is 19.1 Å². The normalized spacial score (nSPS) is 25.4. The molecule has 1 saturated heterocycles. The Bertz CT molecular complexity index is 2050. The number of aryl methyl sites for hydroxylation is 1. The van der Waals surface area contributed by atoms with Crippen molar-refractivity contribution in [2.24, 2.45) is 5.92 Å². The second-order valence-corrected chi connectivity index (χ2v) is 17.4. The summed E-state index contributed by atoms with van der Waals surface area (Å²) in [4.78, 5) is 59.3. The molecule has 4 aliphatic rings. The Labute approximate surface area is 307 Å². The van der Waals surface area contributed by atoms with Gasteiger partial charge in [-0.25, -0.2) is 23.2 Å². The molecule has 3 fully saturated rings. The number of aromatic nitrogens is 3. The Morgan fingerprint density at radius 1 is 1.15 bits per heavy atom. The van der Waals surface area contributed by atoms with E-state index < -0.39 is 44.8 Å². The largest absolute Gasteiger partial charge is 0.496 e. The lowest BCUT2D eigenvalue weighted by Crippen LogP contribution is -2.57. The van der Waals surface area contributed by atoms with Gasteiger partial charge in [-0.2, -0.15) is 4.98 Å². The van der Waals surface area contributed by atoms with Gasteiger partial charge in [-0.15, -0.1) is 11.3 Å². The minimum Gasteiger partial charge on any atom is -0.496 e. The number of fused-ring (bicyclic) bond motifs is 3. The van der Waals surface area contributed by atoms with Crippen LogP contribution in [0, 0.1) is 12.8 Å². The number of amides is 4. The molecule has 4 atom stereocenters. The molecule has 14 nitrogen and oxygen atoms in total. The van der Waals surface area contributed by atoms with Gasteiger partial charge in [-0.1, -0.05) is 26.0 Å². The molecular formula is C36H45N7O7S2. The highest BCUT2D eigenvalue weighted by Gasteiger charge is 2.62. The lowest BCUT2D eigenvalue weighted by molar-refractivity contribution is -0.131. The number of hydrogen-bond acceptors (Lipinski definition) is 11.